The Bertz CT molecular complexity index is 1050. The van der Waals surface area contributed by atoms with E-state index in [4.69, 9.17) is 4.74 Å². The number of morpholine rings is 1. The molecule has 0 saturated carbocycles. The van der Waals surface area contributed by atoms with Crippen molar-refractivity contribution in [1.29, 1.82) is 0 Å². The van der Waals surface area contributed by atoms with Gasteiger partial charge in [-0.25, -0.2) is 0 Å². The third-order valence-corrected chi connectivity index (χ3v) is 4.47. The van der Waals surface area contributed by atoms with E-state index in [1.165, 1.54) is 18.3 Å². The van der Waals surface area contributed by atoms with Crippen LogP contribution in [0.1, 0.15) is 22.2 Å². The van der Waals surface area contributed by atoms with Gasteiger partial charge in [-0.3, -0.25) is 4.79 Å². The third-order valence-electron chi connectivity index (χ3n) is 4.47. The van der Waals surface area contributed by atoms with Crippen LogP contribution in [0.3, 0.4) is 0 Å². The summed E-state index contributed by atoms with van der Waals surface area (Å²) in [5.41, 5.74) is 1.78. The number of nitrogens with one attached hydrogen (secondary N) is 2. The molecule has 1 aromatic heterocycles. The largest absolute Gasteiger partial charge is 0.573 e. The summed E-state index contributed by atoms with van der Waals surface area (Å²) < 4.78 is 46.8. The summed E-state index contributed by atoms with van der Waals surface area (Å²) in [7, 11) is 0. The van der Waals surface area contributed by atoms with Crippen LogP contribution in [0.25, 0.3) is 5.69 Å². The smallest absolute Gasteiger partial charge is 0.406 e. The first-order valence-electron chi connectivity index (χ1n) is 9.39. The second-order valence-electron chi connectivity index (χ2n) is 6.70. The Balaban J connectivity index is 0.00000289. The SMILES string of the molecule is Cl.O=C(Nc1ccc(C2CNCCO2)cc1)c1cnn(-c2cccc(OC(F)(F)F)c2)n1. The van der Waals surface area contributed by atoms with Gasteiger partial charge in [0, 0.05) is 24.8 Å². The van der Waals surface area contributed by atoms with Crippen LogP contribution < -0.4 is 15.4 Å². The summed E-state index contributed by atoms with van der Waals surface area (Å²) in [6, 6.07) is 12.4. The van der Waals surface area contributed by atoms with Gasteiger partial charge in [0.15, 0.2) is 5.69 Å². The van der Waals surface area contributed by atoms with Crippen molar-refractivity contribution < 1.29 is 27.4 Å². The van der Waals surface area contributed by atoms with Crippen LogP contribution >= 0.6 is 12.4 Å². The number of carbonyl (C=O) groups is 1. The molecular weight excluding hydrogens is 451 g/mol. The summed E-state index contributed by atoms with van der Waals surface area (Å²) in [4.78, 5) is 13.5. The predicted octanol–water partition coefficient (Wildman–Crippen LogP) is 3.50. The standard InChI is InChI=1S/C20H18F3N5O3.ClH/c21-20(22,23)31-16-3-1-2-15(10-16)28-25-11-17(27-28)19(29)26-14-6-4-13(5-7-14)18-12-24-8-9-30-18;/h1-7,10-11,18,24H,8-9,12H2,(H,26,29);1H. The molecule has 1 fully saturated rings. The molecule has 0 aliphatic carbocycles. The molecule has 0 radical (unpaired) electrons. The fourth-order valence-electron chi connectivity index (χ4n) is 3.05. The van der Waals surface area contributed by atoms with E-state index in [1.807, 2.05) is 12.1 Å². The Morgan fingerprint density at radius 2 is 2.00 bits per heavy atom. The van der Waals surface area contributed by atoms with E-state index in [-0.39, 0.29) is 29.9 Å². The van der Waals surface area contributed by atoms with Crippen LogP contribution in [0, 0.1) is 0 Å². The van der Waals surface area contributed by atoms with Gasteiger partial charge in [-0.15, -0.1) is 30.7 Å². The van der Waals surface area contributed by atoms with Crippen molar-refractivity contribution in [3.63, 3.8) is 0 Å². The first kappa shape index (κ1) is 23.5. The van der Waals surface area contributed by atoms with Crippen molar-refractivity contribution in [1.82, 2.24) is 20.3 Å². The van der Waals surface area contributed by atoms with Gasteiger partial charge in [0.1, 0.15) is 5.75 Å². The van der Waals surface area contributed by atoms with E-state index < -0.39 is 18.0 Å². The molecule has 2 N–H and O–H groups in total. The number of ether oxygens (including phenoxy) is 2. The molecule has 12 heteroatoms. The first-order chi connectivity index (χ1) is 14.9. The molecule has 0 spiro atoms. The number of hydrogen-bond acceptors (Lipinski definition) is 6. The van der Waals surface area contributed by atoms with Gasteiger partial charge in [0.2, 0.25) is 0 Å². The molecule has 1 aliphatic rings. The monoisotopic (exact) mass is 469 g/mol. The minimum Gasteiger partial charge on any atom is -0.406 e. The third kappa shape index (κ3) is 5.96. The number of benzene rings is 2. The Morgan fingerprint density at radius 1 is 1.22 bits per heavy atom. The predicted molar refractivity (Wildman–Crippen MR) is 111 cm³/mol. The summed E-state index contributed by atoms with van der Waals surface area (Å²) >= 11 is 0. The Morgan fingerprint density at radius 3 is 2.69 bits per heavy atom. The van der Waals surface area contributed by atoms with Gasteiger partial charge in [-0.1, -0.05) is 18.2 Å². The molecule has 1 atom stereocenters. The van der Waals surface area contributed by atoms with Crippen molar-refractivity contribution in [2.45, 2.75) is 12.5 Å². The van der Waals surface area contributed by atoms with E-state index in [2.05, 4.69) is 25.6 Å². The Kier molecular flexibility index (Phi) is 7.33. The number of nitrogens with zero attached hydrogens (tertiary/aromatic N) is 3. The lowest BCUT2D eigenvalue weighted by molar-refractivity contribution is -0.274. The highest BCUT2D eigenvalue weighted by atomic mass is 35.5. The maximum absolute atomic E-state index is 12.5. The van der Waals surface area contributed by atoms with Crippen LogP contribution in [0.15, 0.2) is 54.7 Å². The summed E-state index contributed by atoms with van der Waals surface area (Å²) in [6.45, 7) is 2.19. The molecule has 3 aromatic rings. The topological polar surface area (TPSA) is 90.3 Å². The fourth-order valence-corrected chi connectivity index (χ4v) is 3.05. The molecular formula is C20H19ClF3N5O3. The van der Waals surface area contributed by atoms with Crippen LogP contribution in [0.2, 0.25) is 0 Å². The van der Waals surface area contributed by atoms with Crippen molar-refractivity contribution in [3.05, 3.63) is 66.0 Å². The fraction of sp³-hybridized carbons (Fsp3) is 0.250. The number of alkyl halides is 3. The maximum atomic E-state index is 12.5. The van der Waals surface area contributed by atoms with E-state index in [0.29, 0.717) is 12.3 Å². The molecule has 0 bridgehead atoms. The first-order valence-corrected chi connectivity index (χ1v) is 9.39. The molecule has 1 unspecified atom stereocenters. The van der Waals surface area contributed by atoms with Gasteiger partial charge in [-0.05, 0) is 29.8 Å². The molecule has 2 aromatic carbocycles. The van der Waals surface area contributed by atoms with Crippen molar-refractivity contribution in [3.8, 4) is 11.4 Å². The molecule has 8 nitrogen and oxygen atoms in total. The van der Waals surface area contributed by atoms with E-state index in [0.717, 1.165) is 35.6 Å². The second kappa shape index (κ2) is 9.98. The minimum absolute atomic E-state index is 0. The maximum Gasteiger partial charge on any atom is 0.573 e. The lowest BCUT2D eigenvalue weighted by Crippen LogP contribution is -2.33. The van der Waals surface area contributed by atoms with Gasteiger partial charge in [0.25, 0.3) is 5.91 Å². The number of amides is 1. The van der Waals surface area contributed by atoms with Crippen molar-refractivity contribution in [2.24, 2.45) is 0 Å². The van der Waals surface area contributed by atoms with Crippen LogP contribution in [0.4, 0.5) is 18.9 Å². The van der Waals surface area contributed by atoms with E-state index in [1.54, 1.807) is 12.1 Å². The second-order valence-corrected chi connectivity index (χ2v) is 6.70. The molecule has 1 aliphatic heterocycles. The Labute approximate surface area is 187 Å². The van der Waals surface area contributed by atoms with E-state index >= 15 is 0 Å². The quantitative estimate of drug-likeness (QED) is 0.594. The highest BCUT2D eigenvalue weighted by molar-refractivity contribution is 6.02. The zero-order chi connectivity index (χ0) is 21.8. The molecule has 32 heavy (non-hydrogen) atoms. The highest BCUT2D eigenvalue weighted by Crippen LogP contribution is 2.24. The van der Waals surface area contributed by atoms with E-state index in [9.17, 15) is 18.0 Å². The van der Waals surface area contributed by atoms with Gasteiger partial charge < -0.3 is 20.1 Å². The van der Waals surface area contributed by atoms with Gasteiger partial charge >= 0.3 is 6.36 Å². The number of hydrogen-bond donors (Lipinski definition) is 2. The zero-order valence-corrected chi connectivity index (χ0v) is 17.3. The van der Waals surface area contributed by atoms with Gasteiger partial charge in [0.05, 0.1) is 24.6 Å². The number of anilines is 1. The highest BCUT2D eigenvalue weighted by Gasteiger charge is 2.31. The minimum atomic E-state index is -4.81. The van der Waals surface area contributed by atoms with Crippen LogP contribution in [-0.4, -0.2) is 47.0 Å². The lowest BCUT2D eigenvalue weighted by Gasteiger charge is -2.24. The number of rotatable bonds is 5. The molecule has 2 heterocycles. The summed E-state index contributed by atoms with van der Waals surface area (Å²) in [5.74, 6) is -0.914. The number of halogens is 4. The number of aromatic nitrogens is 3. The molecule has 1 saturated heterocycles. The van der Waals surface area contributed by atoms with Gasteiger partial charge in [-0.2, -0.15) is 9.90 Å². The van der Waals surface area contributed by atoms with Crippen LogP contribution in [0.5, 0.6) is 5.75 Å². The average Bonchev–Trinajstić information content (AvgIpc) is 3.25. The van der Waals surface area contributed by atoms with Crippen molar-refractivity contribution in [2.75, 3.05) is 25.0 Å². The Hall–Kier alpha value is -3.15. The van der Waals surface area contributed by atoms with Crippen molar-refractivity contribution >= 4 is 24.0 Å². The summed E-state index contributed by atoms with van der Waals surface area (Å²) in [5, 5.41) is 13.9. The lowest BCUT2D eigenvalue weighted by atomic mass is 10.1. The normalized spacial score (nSPS) is 16.2. The van der Waals surface area contributed by atoms with Crippen LogP contribution in [-0.2, 0) is 4.74 Å². The zero-order valence-electron chi connectivity index (χ0n) is 16.5. The average molecular weight is 470 g/mol. The molecule has 170 valence electrons. The number of carbonyl (C=O) groups excluding carboxylic acids is 1. The molecule has 4 rings (SSSR count). The molecule has 1 amide bonds. The summed E-state index contributed by atoms with van der Waals surface area (Å²) in [6.07, 6.45) is -3.62.